The number of nitrogen functional groups attached to an aromatic ring is 1. The maximum absolute atomic E-state index is 13.1. The van der Waals surface area contributed by atoms with Gasteiger partial charge in [-0.1, -0.05) is 11.8 Å². The molecule has 4 nitrogen and oxygen atoms in total. The Morgan fingerprint density at radius 1 is 1.56 bits per heavy atom. The van der Waals surface area contributed by atoms with E-state index < -0.39 is 23.4 Å². The van der Waals surface area contributed by atoms with Crippen molar-refractivity contribution in [1.82, 2.24) is 4.98 Å². The van der Waals surface area contributed by atoms with E-state index in [4.69, 9.17) is 5.73 Å². The first kappa shape index (κ1) is 12.7. The molecule has 2 N–H and O–H groups in total. The van der Waals surface area contributed by atoms with Crippen molar-refractivity contribution >= 4 is 23.5 Å². The fourth-order valence-corrected chi connectivity index (χ4v) is 1.59. The first-order valence-electron chi connectivity index (χ1n) is 4.44. The van der Waals surface area contributed by atoms with Crippen LogP contribution in [0.3, 0.4) is 0 Å². The molecule has 0 atom stereocenters. The van der Waals surface area contributed by atoms with Crippen molar-refractivity contribution in [2.45, 2.75) is 11.9 Å². The molecule has 0 saturated carbocycles. The standard InChI is InChI=1S/C9H10F2N2O2S/c1-2-15-7(14)4-16-9-6(11)3-5(10)8(12)13-9/h3H,2,4H2,1H3,(H2,12,13). The number of ether oxygens (including phenoxy) is 1. The molecule has 0 aliphatic heterocycles. The van der Waals surface area contributed by atoms with Gasteiger partial charge in [0.25, 0.3) is 0 Å². The van der Waals surface area contributed by atoms with Crippen LogP contribution in [0.2, 0.25) is 0 Å². The number of hydrogen-bond donors (Lipinski definition) is 1. The molecule has 0 bridgehead atoms. The van der Waals surface area contributed by atoms with Gasteiger partial charge in [0.2, 0.25) is 0 Å². The zero-order chi connectivity index (χ0) is 12.1. The van der Waals surface area contributed by atoms with Crippen LogP contribution in [-0.2, 0) is 9.53 Å². The molecule has 0 aliphatic rings. The summed E-state index contributed by atoms with van der Waals surface area (Å²) in [7, 11) is 0. The number of pyridine rings is 1. The minimum absolute atomic E-state index is 0.0944. The summed E-state index contributed by atoms with van der Waals surface area (Å²) >= 11 is 0.811. The Labute approximate surface area is 95.2 Å². The Balaban J connectivity index is 2.67. The van der Waals surface area contributed by atoms with E-state index in [0.717, 1.165) is 11.8 Å². The van der Waals surface area contributed by atoms with Crippen LogP contribution >= 0.6 is 11.8 Å². The summed E-state index contributed by atoms with van der Waals surface area (Å²) < 4.78 is 30.5. The summed E-state index contributed by atoms with van der Waals surface area (Å²) in [5, 5.41) is -0.119. The van der Waals surface area contributed by atoms with Gasteiger partial charge < -0.3 is 10.5 Å². The molecular weight excluding hydrogens is 238 g/mol. The van der Waals surface area contributed by atoms with Gasteiger partial charge in [0.15, 0.2) is 17.5 Å². The fourth-order valence-electron chi connectivity index (χ4n) is 0.894. The molecule has 1 heterocycles. The molecule has 16 heavy (non-hydrogen) atoms. The van der Waals surface area contributed by atoms with Crippen LogP contribution < -0.4 is 5.73 Å². The number of carbonyl (C=O) groups excluding carboxylic acids is 1. The minimum atomic E-state index is -0.919. The van der Waals surface area contributed by atoms with Gasteiger partial charge in [0.1, 0.15) is 5.03 Å². The van der Waals surface area contributed by atoms with E-state index in [-0.39, 0.29) is 17.4 Å². The molecule has 7 heteroatoms. The summed E-state index contributed by atoms with van der Waals surface area (Å²) in [6.07, 6.45) is 0. The number of halogens is 2. The van der Waals surface area contributed by atoms with E-state index >= 15 is 0 Å². The maximum atomic E-state index is 13.1. The van der Waals surface area contributed by atoms with Gasteiger partial charge >= 0.3 is 5.97 Å². The molecule has 0 saturated heterocycles. The lowest BCUT2D eigenvalue weighted by Gasteiger charge is -2.04. The third-order valence-corrected chi connectivity index (χ3v) is 2.50. The Kier molecular flexibility index (Phi) is 4.48. The molecular formula is C9H10F2N2O2S. The quantitative estimate of drug-likeness (QED) is 0.647. The average molecular weight is 248 g/mol. The summed E-state index contributed by atoms with van der Waals surface area (Å²) in [4.78, 5) is 14.5. The van der Waals surface area contributed by atoms with Crippen LogP contribution in [0, 0.1) is 11.6 Å². The highest BCUT2D eigenvalue weighted by atomic mass is 32.2. The van der Waals surface area contributed by atoms with E-state index in [9.17, 15) is 13.6 Å². The van der Waals surface area contributed by atoms with Crippen molar-refractivity contribution in [2.75, 3.05) is 18.1 Å². The Hall–Kier alpha value is -1.37. The van der Waals surface area contributed by atoms with Crippen LogP contribution in [0.1, 0.15) is 6.92 Å². The lowest BCUT2D eigenvalue weighted by atomic mass is 10.4. The van der Waals surface area contributed by atoms with Crippen LogP contribution in [0.15, 0.2) is 11.1 Å². The number of nitrogens with two attached hydrogens (primary N) is 1. The van der Waals surface area contributed by atoms with E-state index in [1.165, 1.54) is 0 Å². The van der Waals surface area contributed by atoms with Crippen LogP contribution in [0.4, 0.5) is 14.6 Å². The normalized spacial score (nSPS) is 10.2. The zero-order valence-corrected chi connectivity index (χ0v) is 9.31. The van der Waals surface area contributed by atoms with Crippen molar-refractivity contribution in [1.29, 1.82) is 0 Å². The summed E-state index contributed by atoms with van der Waals surface area (Å²) in [6, 6.07) is 0.635. The topological polar surface area (TPSA) is 65.2 Å². The maximum Gasteiger partial charge on any atom is 0.316 e. The number of anilines is 1. The molecule has 0 unspecified atom stereocenters. The van der Waals surface area contributed by atoms with Gasteiger partial charge in [0, 0.05) is 6.07 Å². The summed E-state index contributed by atoms with van der Waals surface area (Å²) in [5.74, 6) is -2.74. The third kappa shape index (κ3) is 3.34. The lowest BCUT2D eigenvalue weighted by molar-refractivity contribution is -0.139. The van der Waals surface area contributed by atoms with E-state index in [1.807, 2.05) is 0 Å². The van der Waals surface area contributed by atoms with Gasteiger partial charge in [-0.05, 0) is 6.92 Å². The molecule has 0 radical (unpaired) electrons. The first-order chi connectivity index (χ1) is 7.54. The molecule has 0 fully saturated rings. The largest absolute Gasteiger partial charge is 0.465 e. The molecule has 1 aromatic heterocycles. The Morgan fingerprint density at radius 3 is 2.88 bits per heavy atom. The van der Waals surface area contributed by atoms with E-state index in [2.05, 4.69) is 9.72 Å². The monoisotopic (exact) mass is 248 g/mol. The molecule has 0 aromatic carbocycles. The number of hydrogen-bond acceptors (Lipinski definition) is 5. The van der Waals surface area contributed by atoms with Gasteiger partial charge in [-0.2, -0.15) is 0 Å². The van der Waals surface area contributed by atoms with E-state index in [0.29, 0.717) is 6.07 Å². The van der Waals surface area contributed by atoms with Crippen LogP contribution in [0.25, 0.3) is 0 Å². The molecule has 88 valence electrons. The second-order valence-corrected chi connectivity index (χ2v) is 3.70. The molecule has 0 aliphatic carbocycles. The smallest absolute Gasteiger partial charge is 0.316 e. The predicted octanol–water partition coefficient (Wildman–Crippen LogP) is 1.60. The van der Waals surface area contributed by atoms with E-state index in [1.54, 1.807) is 6.92 Å². The van der Waals surface area contributed by atoms with Crippen molar-refractivity contribution in [3.63, 3.8) is 0 Å². The van der Waals surface area contributed by atoms with Gasteiger partial charge in [0.05, 0.1) is 12.4 Å². The number of aromatic nitrogens is 1. The number of rotatable bonds is 4. The number of carbonyl (C=O) groups is 1. The molecule has 0 spiro atoms. The third-order valence-electron chi connectivity index (χ3n) is 1.56. The van der Waals surface area contributed by atoms with Crippen LogP contribution in [0.5, 0.6) is 0 Å². The minimum Gasteiger partial charge on any atom is -0.465 e. The first-order valence-corrected chi connectivity index (χ1v) is 5.43. The average Bonchev–Trinajstić information content (AvgIpc) is 2.22. The SMILES string of the molecule is CCOC(=O)CSc1nc(N)c(F)cc1F. The number of esters is 1. The highest BCUT2D eigenvalue weighted by molar-refractivity contribution is 7.99. The molecule has 0 amide bonds. The second kappa shape index (κ2) is 5.64. The summed E-state index contributed by atoms with van der Waals surface area (Å²) in [6.45, 7) is 1.91. The molecule has 1 aromatic rings. The van der Waals surface area contributed by atoms with Gasteiger partial charge in [-0.15, -0.1) is 0 Å². The van der Waals surface area contributed by atoms with Crippen molar-refractivity contribution in [2.24, 2.45) is 0 Å². The zero-order valence-electron chi connectivity index (χ0n) is 8.50. The Morgan fingerprint density at radius 2 is 2.25 bits per heavy atom. The van der Waals surface area contributed by atoms with Crippen molar-refractivity contribution < 1.29 is 18.3 Å². The highest BCUT2D eigenvalue weighted by Gasteiger charge is 2.12. The highest BCUT2D eigenvalue weighted by Crippen LogP contribution is 2.22. The van der Waals surface area contributed by atoms with Gasteiger partial charge in [-0.25, -0.2) is 13.8 Å². The molecule has 1 rings (SSSR count). The van der Waals surface area contributed by atoms with Crippen LogP contribution in [-0.4, -0.2) is 23.3 Å². The van der Waals surface area contributed by atoms with Crippen molar-refractivity contribution in [3.05, 3.63) is 17.7 Å². The number of thioether (sulfide) groups is 1. The van der Waals surface area contributed by atoms with Gasteiger partial charge in [-0.3, -0.25) is 4.79 Å². The fraction of sp³-hybridized carbons (Fsp3) is 0.333. The van der Waals surface area contributed by atoms with Crippen molar-refractivity contribution in [3.8, 4) is 0 Å². The number of nitrogens with zero attached hydrogens (tertiary/aromatic N) is 1. The Bertz CT molecular complexity index is 401. The predicted molar refractivity (Wildman–Crippen MR) is 55.9 cm³/mol. The lowest BCUT2D eigenvalue weighted by Crippen LogP contribution is -2.07. The summed E-state index contributed by atoms with van der Waals surface area (Å²) in [5.41, 5.74) is 5.17. The second-order valence-electron chi connectivity index (χ2n) is 2.74.